The Bertz CT molecular complexity index is 157. The molecule has 1 fully saturated rings. The van der Waals surface area contributed by atoms with Crippen LogP contribution in [0.1, 0.15) is 13.8 Å². The molecule has 1 saturated heterocycles. The molecule has 1 aliphatic rings. The van der Waals surface area contributed by atoms with Crippen LogP contribution in [0.4, 0.5) is 0 Å². The summed E-state index contributed by atoms with van der Waals surface area (Å²) in [4.78, 5) is 0. The third-order valence-corrected chi connectivity index (χ3v) is 2.31. The van der Waals surface area contributed by atoms with Crippen molar-refractivity contribution in [1.29, 1.82) is 0 Å². The van der Waals surface area contributed by atoms with Gasteiger partial charge >= 0.3 is 0 Å². The summed E-state index contributed by atoms with van der Waals surface area (Å²) < 4.78 is 26.9. The van der Waals surface area contributed by atoms with E-state index < -0.39 is 12.6 Å². The van der Waals surface area contributed by atoms with Crippen LogP contribution in [-0.4, -0.2) is 52.2 Å². The number of hydrogen-bond acceptors (Lipinski definition) is 5. The largest absolute Gasteiger partial charge is 0.370 e. The summed E-state index contributed by atoms with van der Waals surface area (Å²) in [7, 11) is 3.16. The molecule has 1 rings (SSSR count). The molecule has 5 nitrogen and oxygen atoms in total. The van der Waals surface area contributed by atoms with E-state index in [1.54, 1.807) is 14.2 Å². The molecule has 0 bridgehead atoms. The highest BCUT2D eigenvalue weighted by molar-refractivity contribution is 4.84. The molecule has 0 radical (unpaired) electrons. The van der Waals surface area contributed by atoms with Gasteiger partial charge in [-0.05, 0) is 13.8 Å². The third kappa shape index (κ3) is 2.89. The maximum atomic E-state index is 5.55. The van der Waals surface area contributed by atoms with Crippen LogP contribution in [-0.2, 0) is 23.7 Å². The topological polar surface area (TPSA) is 46.2 Å². The van der Waals surface area contributed by atoms with Crippen molar-refractivity contribution in [1.82, 2.24) is 0 Å². The van der Waals surface area contributed by atoms with Crippen molar-refractivity contribution in [2.45, 2.75) is 38.6 Å². The van der Waals surface area contributed by atoms with Crippen LogP contribution in [0.5, 0.6) is 0 Å². The van der Waals surface area contributed by atoms with Crippen molar-refractivity contribution < 1.29 is 23.7 Å². The quantitative estimate of drug-likeness (QED) is 0.661. The van der Waals surface area contributed by atoms with E-state index in [1.165, 1.54) is 0 Å². The lowest BCUT2D eigenvalue weighted by Gasteiger charge is -2.22. The minimum Gasteiger partial charge on any atom is -0.370 e. The molecule has 1 heterocycles. The summed E-state index contributed by atoms with van der Waals surface area (Å²) in [5.74, 6) is 0. The first-order valence-corrected chi connectivity index (χ1v) is 5.22. The zero-order valence-corrected chi connectivity index (χ0v) is 9.76. The minimum atomic E-state index is -0.425. The fourth-order valence-corrected chi connectivity index (χ4v) is 1.71. The highest BCUT2D eigenvalue weighted by Gasteiger charge is 2.46. The van der Waals surface area contributed by atoms with E-state index in [-0.39, 0.29) is 12.2 Å². The van der Waals surface area contributed by atoms with Crippen LogP contribution < -0.4 is 0 Å². The lowest BCUT2D eigenvalue weighted by Crippen LogP contribution is -2.38. The average Bonchev–Trinajstić information content (AvgIpc) is 2.58. The average molecular weight is 220 g/mol. The first-order chi connectivity index (χ1) is 7.28. The molecule has 0 aliphatic carbocycles. The van der Waals surface area contributed by atoms with Crippen molar-refractivity contribution in [2.24, 2.45) is 0 Å². The lowest BCUT2D eigenvalue weighted by molar-refractivity contribution is -0.209. The SMILES string of the molecule is CCO[C@@H]1C(OC)OC(OC)[C@@H]1OCC. The summed E-state index contributed by atoms with van der Waals surface area (Å²) in [6.45, 7) is 5.04. The normalized spacial score (nSPS) is 36.0. The predicted molar refractivity (Wildman–Crippen MR) is 53.5 cm³/mol. The van der Waals surface area contributed by atoms with Crippen molar-refractivity contribution in [3.8, 4) is 0 Å². The van der Waals surface area contributed by atoms with Gasteiger partial charge in [-0.2, -0.15) is 0 Å². The Kier molecular flexibility index (Phi) is 5.49. The van der Waals surface area contributed by atoms with Crippen molar-refractivity contribution in [2.75, 3.05) is 27.4 Å². The third-order valence-electron chi connectivity index (χ3n) is 2.31. The highest BCUT2D eigenvalue weighted by Crippen LogP contribution is 2.27. The number of rotatable bonds is 6. The highest BCUT2D eigenvalue weighted by atomic mass is 16.8. The van der Waals surface area contributed by atoms with E-state index in [9.17, 15) is 0 Å². The van der Waals surface area contributed by atoms with Crippen LogP contribution in [0.15, 0.2) is 0 Å². The molecule has 0 aromatic carbocycles. The van der Waals surface area contributed by atoms with Gasteiger partial charge in [0.05, 0.1) is 0 Å². The lowest BCUT2D eigenvalue weighted by atomic mass is 10.2. The van der Waals surface area contributed by atoms with Gasteiger partial charge in [-0.25, -0.2) is 0 Å². The smallest absolute Gasteiger partial charge is 0.189 e. The molecule has 0 saturated carbocycles. The van der Waals surface area contributed by atoms with Crippen LogP contribution in [0, 0.1) is 0 Å². The summed E-state index contributed by atoms with van der Waals surface area (Å²) in [6, 6.07) is 0. The molecule has 0 N–H and O–H groups in total. The van der Waals surface area contributed by atoms with Gasteiger partial charge in [0.2, 0.25) is 0 Å². The molecule has 0 spiro atoms. The Morgan fingerprint density at radius 1 is 0.867 bits per heavy atom. The molecule has 15 heavy (non-hydrogen) atoms. The molecule has 0 amide bonds. The van der Waals surface area contributed by atoms with Gasteiger partial charge < -0.3 is 23.7 Å². The zero-order chi connectivity index (χ0) is 11.3. The summed E-state index contributed by atoms with van der Waals surface area (Å²) in [5, 5.41) is 0. The van der Waals surface area contributed by atoms with Gasteiger partial charge in [0.15, 0.2) is 12.6 Å². The van der Waals surface area contributed by atoms with Gasteiger partial charge in [0.1, 0.15) is 12.2 Å². The number of methoxy groups -OCH3 is 2. The Hall–Kier alpha value is -0.200. The number of hydrogen-bond donors (Lipinski definition) is 0. The number of ether oxygens (including phenoxy) is 5. The van der Waals surface area contributed by atoms with E-state index in [0.29, 0.717) is 13.2 Å². The maximum Gasteiger partial charge on any atom is 0.189 e. The zero-order valence-electron chi connectivity index (χ0n) is 9.76. The van der Waals surface area contributed by atoms with Gasteiger partial charge in [-0.15, -0.1) is 0 Å². The van der Waals surface area contributed by atoms with E-state index in [0.717, 1.165) is 0 Å². The molecule has 0 aromatic rings. The molecule has 2 unspecified atom stereocenters. The standard InChI is InChI=1S/C10H20O5/c1-5-13-7-8(14-6-2)10(12-4)15-9(7)11-3/h7-10H,5-6H2,1-4H3/t7-,8+,9?,10?. The second kappa shape index (κ2) is 6.40. The first-order valence-electron chi connectivity index (χ1n) is 5.22. The van der Waals surface area contributed by atoms with E-state index in [4.69, 9.17) is 23.7 Å². The Morgan fingerprint density at radius 3 is 1.53 bits per heavy atom. The van der Waals surface area contributed by atoms with Crippen molar-refractivity contribution in [3.05, 3.63) is 0 Å². The van der Waals surface area contributed by atoms with Crippen LogP contribution >= 0.6 is 0 Å². The molecular weight excluding hydrogens is 200 g/mol. The fraction of sp³-hybridized carbons (Fsp3) is 1.00. The second-order valence-corrected chi connectivity index (χ2v) is 3.18. The Labute approximate surface area is 90.6 Å². The van der Waals surface area contributed by atoms with Crippen LogP contribution in [0.3, 0.4) is 0 Å². The maximum absolute atomic E-state index is 5.55. The van der Waals surface area contributed by atoms with E-state index >= 15 is 0 Å². The van der Waals surface area contributed by atoms with E-state index in [1.807, 2.05) is 13.8 Å². The summed E-state index contributed by atoms with van der Waals surface area (Å²) >= 11 is 0. The summed E-state index contributed by atoms with van der Waals surface area (Å²) in [5.41, 5.74) is 0. The van der Waals surface area contributed by atoms with Gasteiger partial charge in [-0.1, -0.05) is 0 Å². The molecule has 1 aliphatic heterocycles. The van der Waals surface area contributed by atoms with Gasteiger partial charge in [0.25, 0.3) is 0 Å². The van der Waals surface area contributed by atoms with Gasteiger partial charge in [-0.3, -0.25) is 0 Å². The Morgan fingerprint density at radius 2 is 1.27 bits per heavy atom. The van der Waals surface area contributed by atoms with Gasteiger partial charge in [0, 0.05) is 27.4 Å². The van der Waals surface area contributed by atoms with Crippen LogP contribution in [0.25, 0.3) is 0 Å². The monoisotopic (exact) mass is 220 g/mol. The van der Waals surface area contributed by atoms with Crippen molar-refractivity contribution >= 4 is 0 Å². The molecule has 90 valence electrons. The molecule has 0 aromatic heterocycles. The fourth-order valence-electron chi connectivity index (χ4n) is 1.71. The first kappa shape index (κ1) is 12.9. The second-order valence-electron chi connectivity index (χ2n) is 3.18. The Balaban J connectivity index is 2.65. The van der Waals surface area contributed by atoms with Crippen LogP contribution in [0.2, 0.25) is 0 Å². The summed E-state index contributed by atoms with van der Waals surface area (Å²) in [6.07, 6.45) is -1.31. The molecular formula is C10H20O5. The van der Waals surface area contributed by atoms with E-state index in [2.05, 4.69) is 0 Å². The minimum absolute atomic E-state index is 0.232. The van der Waals surface area contributed by atoms with Crippen molar-refractivity contribution in [3.63, 3.8) is 0 Å². The molecule has 4 atom stereocenters. The predicted octanol–water partition coefficient (Wildman–Crippen LogP) is 0.772. The molecule has 5 heteroatoms.